The van der Waals surface area contributed by atoms with E-state index in [1.165, 1.54) is 6.07 Å². The van der Waals surface area contributed by atoms with Crippen LogP contribution in [0.2, 0.25) is 5.02 Å². The second kappa shape index (κ2) is 5.66. The molecule has 0 spiro atoms. The van der Waals surface area contributed by atoms with Gasteiger partial charge in [-0.1, -0.05) is 16.8 Å². The fourth-order valence-electron chi connectivity index (χ4n) is 1.40. The Labute approximate surface area is 117 Å². The molecule has 0 saturated heterocycles. The molecule has 0 aliphatic carbocycles. The second-order valence-corrected chi connectivity index (χ2v) is 4.18. The quantitative estimate of drug-likeness (QED) is 0.889. The summed E-state index contributed by atoms with van der Waals surface area (Å²) in [7, 11) is 0. The van der Waals surface area contributed by atoms with Gasteiger partial charge in [0.15, 0.2) is 5.69 Å². The van der Waals surface area contributed by atoms with Gasteiger partial charge in [0.2, 0.25) is 0 Å². The van der Waals surface area contributed by atoms with Gasteiger partial charge in [-0.2, -0.15) is 0 Å². The number of carboxylic acid groups (broad SMARTS) is 1. The van der Waals surface area contributed by atoms with E-state index in [1.807, 2.05) is 0 Å². The van der Waals surface area contributed by atoms with Crippen molar-refractivity contribution in [2.45, 2.75) is 6.54 Å². The molecule has 0 radical (unpaired) electrons. The molecule has 0 atom stereocenters. The molecular formula is C11H8ClFN4O3. The number of nitrogens with zero attached hydrogens (tertiary/aromatic N) is 3. The van der Waals surface area contributed by atoms with E-state index < -0.39 is 24.2 Å². The van der Waals surface area contributed by atoms with Crippen molar-refractivity contribution in [1.29, 1.82) is 0 Å². The van der Waals surface area contributed by atoms with Gasteiger partial charge in [0, 0.05) is 0 Å². The zero-order chi connectivity index (χ0) is 14.7. The molecule has 0 saturated carbocycles. The molecule has 1 heterocycles. The Hall–Kier alpha value is -2.48. The lowest BCUT2D eigenvalue weighted by atomic mass is 10.3. The third kappa shape index (κ3) is 3.29. The van der Waals surface area contributed by atoms with Gasteiger partial charge in [0.25, 0.3) is 5.91 Å². The average Bonchev–Trinajstić information content (AvgIpc) is 2.81. The van der Waals surface area contributed by atoms with E-state index in [0.717, 1.165) is 23.0 Å². The maximum absolute atomic E-state index is 13.0. The summed E-state index contributed by atoms with van der Waals surface area (Å²) in [5.41, 5.74) is -0.0176. The van der Waals surface area contributed by atoms with Crippen molar-refractivity contribution in [2.75, 3.05) is 5.32 Å². The van der Waals surface area contributed by atoms with Crippen LogP contribution in [0, 0.1) is 5.82 Å². The van der Waals surface area contributed by atoms with Gasteiger partial charge in [-0.25, -0.2) is 9.07 Å². The lowest BCUT2D eigenvalue weighted by Crippen LogP contribution is -2.13. The largest absolute Gasteiger partial charge is 0.480 e. The molecule has 2 aromatic rings. The summed E-state index contributed by atoms with van der Waals surface area (Å²) in [5.74, 6) is -2.34. The number of carbonyl (C=O) groups is 2. The number of anilines is 1. The highest BCUT2D eigenvalue weighted by Gasteiger charge is 2.14. The number of carbonyl (C=O) groups excluding carboxylic acids is 1. The summed E-state index contributed by atoms with van der Waals surface area (Å²) >= 11 is 5.80. The van der Waals surface area contributed by atoms with Crippen LogP contribution in [0.25, 0.3) is 0 Å². The number of rotatable bonds is 4. The Kier molecular flexibility index (Phi) is 3.94. The minimum atomic E-state index is -1.12. The van der Waals surface area contributed by atoms with Gasteiger partial charge < -0.3 is 10.4 Å². The Balaban J connectivity index is 2.13. The molecule has 104 valence electrons. The lowest BCUT2D eigenvalue weighted by molar-refractivity contribution is -0.137. The fraction of sp³-hybridized carbons (Fsp3) is 0.0909. The Morgan fingerprint density at radius 1 is 1.45 bits per heavy atom. The summed E-state index contributed by atoms with van der Waals surface area (Å²) in [6, 6.07) is 3.51. The number of nitrogens with one attached hydrogen (secondary N) is 1. The first-order valence-electron chi connectivity index (χ1n) is 5.34. The molecule has 1 amide bonds. The first-order chi connectivity index (χ1) is 9.45. The van der Waals surface area contributed by atoms with E-state index in [1.54, 1.807) is 0 Å². The van der Waals surface area contributed by atoms with Gasteiger partial charge in [-0.05, 0) is 18.2 Å². The number of benzene rings is 1. The number of halogens is 2. The molecule has 0 fully saturated rings. The minimum Gasteiger partial charge on any atom is -0.480 e. The van der Waals surface area contributed by atoms with Gasteiger partial charge in [0.1, 0.15) is 12.4 Å². The van der Waals surface area contributed by atoms with Gasteiger partial charge in [0.05, 0.1) is 16.9 Å². The summed E-state index contributed by atoms with van der Waals surface area (Å²) in [4.78, 5) is 22.3. The molecule has 0 aliphatic rings. The van der Waals surface area contributed by atoms with Gasteiger partial charge in [-0.15, -0.1) is 5.10 Å². The van der Waals surface area contributed by atoms with E-state index in [9.17, 15) is 14.0 Å². The highest BCUT2D eigenvalue weighted by Crippen LogP contribution is 2.22. The van der Waals surface area contributed by atoms with Crippen LogP contribution in [-0.4, -0.2) is 32.0 Å². The van der Waals surface area contributed by atoms with Crippen molar-refractivity contribution in [1.82, 2.24) is 15.0 Å². The highest BCUT2D eigenvalue weighted by molar-refractivity contribution is 6.33. The first kappa shape index (κ1) is 13.9. The summed E-state index contributed by atoms with van der Waals surface area (Å²) in [6.07, 6.45) is 1.16. The Morgan fingerprint density at radius 3 is 2.90 bits per heavy atom. The van der Waals surface area contributed by atoms with Crippen LogP contribution in [0.3, 0.4) is 0 Å². The predicted molar refractivity (Wildman–Crippen MR) is 67.0 cm³/mol. The summed E-state index contributed by atoms with van der Waals surface area (Å²) < 4.78 is 14.0. The van der Waals surface area contributed by atoms with E-state index in [2.05, 4.69) is 15.6 Å². The lowest BCUT2D eigenvalue weighted by Gasteiger charge is -2.05. The number of aromatic nitrogens is 3. The SMILES string of the molecule is O=C(O)Cn1cc(C(=O)Nc2cc(F)ccc2Cl)nn1. The third-order valence-corrected chi connectivity index (χ3v) is 2.57. The highest BCUT2D eigenvalue weighted by atomic mass is 35.5. The molecule has 9 heteroatoms. The zero-order valence-electron chi connectivity index (χ0n) is 9.88. The van der Waals surface area contributed by atoms with Gasteiger partial charge in [-0.3, -0.25) is 9.59 Å². The van der Waals surface area contributed by atoms with Crippen molar-refractivity contribution in [3.8, 4) is 0 Å². The zero-order valence-corrected chi connectivity index (χ0v) is 10.6. The van der Waals surface area contributed by atoms with E-state index in [-0.39, 0.29) is 16.4 Å². The second-order valence-electron chi connectivity index (χ2n) is 3.77. The van der Waals surface area contributed by atoms with Crippen LogP contribution in [0.15, 0.2) is 24.4 Å². The molecule has 20 heavy (non-hydrogen) atoms. The topological polar surface area (TPSA) is 97.1 Å². The number of carboxylic acids is 1. The van der Waals surface area contributed by atoms with E-state index in [4.69, 9.17) is 16.7 Å². The molecule has 2 rings (SSSR count). The Morgan fingerprint density at radius 2 is 2.20 bits per heavy atom. The molecule has 0 unspecified atom stereocenters. The van der Waals surface area contributed by atoms with E-state index in [0.29, 0.717) is 0 Å². The summed E-state index contributed by atoms with van der Waals surface area (Å²) in [5, 5.41) is 18.1. The minimum absolute atomic E-state index is 0.0875. The van der Waals surface area contributed by atoms with Crippen LogP contribution >= 0.6 is 11.6 Å². The number of amides is 1. The normalized spacial score (nSPS) is 10.3. The standard InChI is InChI=1S/C11H8ClFN4O3/c12-7-2-1-6(13)3-8(7)14-11(20)9-4-17(16-15-9)5-10(18)19/h1-4H,5H2,(H,14,20)(H,18,19). The summed E-state index contributed by atoms with van der Waals surface area (Å²) in [6.45, 7) is -0.416. The van der Waals surface area contributed by atoms with Crippen molar-refractivity contribution in [3.63, 3.8) is 0 Å². The maximum atomic E-state index is 13.0. The van der Waals surface area contributed by atoms with Crippen LogP contribution in [0.5, 0.6) is 0 Å². The third-order valence-electron chi connectivity index (χ3n) is 2.25. The van der Waals surface area contributed by atoms with Gasteiger partial charge >= 0.3 is 5.97 Å². The van der Waals surface area contributed by atoms with Crippen molar-refractivity contribution in [2.24, 2.45) is 0 Å². The van der Waals surface area contributed by atoms with Crippen molar-refractivity contribution < 1.29 is 19.1 Å². The fourth-order valence-corrected chi connectivity index (χ4v) is 1.56. The Bertz CT molecular complexity index is 673. The van der Waals surface area contributed by atoms with Crippen LogP contribution in [0.4, 0.5) is 10.1 Å². The number of hydrogen-bond donors (Lipinski definition) is 2. The molecule has 7 nitrogen and oxygen atoms in total. The first-order valence-corrected chi connectivity index (χ1v) is 5.72. The van der Waals surface area contributed by atoms with Crippen LogP contribution < -0.4 is 5.32 Å². The predicted octanol–water partition coefficient (Wildman–Crippen LogP) is 1.41. The maximum Gasteiger partial charge on any atom is 0.325 e. The molecule has 1 aromatic carbocycles. The monoisotopic (exact) mass is 298 g/mol. The molecule has 0 aliphatic heterocycles. The molecular weight excluding hydrogens is 291 g/mol. The molecule has 2 N–H and O–H groups in total. The van der Waals surface area contributed by atoms with Crippen LogP contribution in [0.1, 0.15) is 10.5 Å². The smallest absolute Gasteiger partial charge is 0.325 e. The average molecular weight is 299 g/mol. The molecule has 0 bridgehead atoms. The van der Waals surface area contributed by atoms with E-state index >= 15 is 0 Å². The van der Waals surface area contributed by atoms with Crippen molar-refractivity contribution in [3.05, 3.63) is 40.9 Å². The number of aliphatic carboxylic acids is 1. The number of hydrogen-bond acceptors (Lipinski definition) is 4. The van der Waals surface area contributed by atoms with Crippen LogP contribution in [-0.2, 0) is 11.3 Å². The molecule has 1 aromatic heterocycles. The van der Waals surface area contributed by atoms with Crippen molar-refractivity contribution >= 4 is 29.2 Å².